The molecular formula is C27H28N8. The summed E-state index contributed by atoms with van der Waals surface area (Å²) in [6.45, 7) is 3.09. The Bertz CT molecular complexity index is 1340. The van der Waals surface area contributed by atoms with Crippen molar-refractivity contribution in [1.29, 1.82) is 0 Å². The highest BCUT2D eigenvalue weighted by molar-refractivity contribution is 5.79. The molecule has 0 aliphatic carbocycles. The largest absolute Gasteiger partial charge is 0.260 e. The van der Waals surface area contributed by atoms with Crippen molar-refractivity contribution in [3.05, 3.63) is 95.8 Å². The van der Waals surface area contributed by atoms with Gasteiger partial charge in [0.2, 0.25) is 5.82 Å². The summed E-state index contributed by atoms with van der Waals surface area (Å²) in [6.07, 6.45) is 6.72. The third-order valence-electron chi connectivity index (χ3n) is 5.96. The molecule has 3 heterocycles. The van der Waals surface area contributed by atoms with Gasteiger partial charge in [0.25, 0.3) is 0 Å². The fourth-order valence-corrected chi connectivity index (χ4v) is 4.16. The summed E-state index contributed by atoms with van der Waals surface area (Å²) < 4.78 is 2.06. The highest BCUT2D eigenvalue weighted by Gasteiger charge is 2.14. The molecule has 0 aliphatic rings. The molecule has 3 aromatic heterocycles. The maximum Gasteiger partial charge on any atom is 0.205 e. The molecule has 0 saturated carbocycles. The molecule has 5 aromatic rings. The minimum absolute atomic E-state index is 0.566. The average Bonchev–Trinajstić information content (AvgIpc) is 3.56. The Hall–Kier alpha value is -4.20. The van der Waals surface area contributed by atoms with Crippen molar-refractivity contribution < 1.29 is 0 Å². The number of aryl methyl sites for hydroxylation is 1. The fourth-order valence-electron chi connectivity index (χ4n) is 4.16. The van der Waals surface area contributed by atoms with Crippen molar-refractivity contribution in [1.82, 2.24) is 40.4 Å². The van der Waals surface area contributed by atoms with Crippen molar-refractivity contribution in [3.8, 4) is 22.5 Å². The minimum atomic E-state index is 0.566. The van der Waals surface area contributed by atoms with Gasteiger partial charge in [-0.05, 0) is 28.8 Å². The van der Waals surface area contributed by atoms with Gasteiger partial charge in [-0.2, -0.15) is 10.3 Å². The van der Waals surface area contributed by atoms with E-state index in [-0.39, 0.29) is 0 Å². The van der Waals surface area contributed by atoms with E-state index >= 15 is 0 Å². The zero-order valence-electron chi connectivity index (χ0n) is 19.8. The normalized spacial score (nSPS) is 11.1. The number of hydrogen-bond donors (Lipinski definition) is 1. The molecule has 0 radical (unpaired) electrons. The molecular weight excluding hydrogens is 436 g/mol. The van der Waals surface area contributed by atoms with Crippen LogP contribution in [0.1, 0.15) is 49.1 Å². The van der Waals surface area contributed by atoms with E-state index in [2.05, 4.69) is 68.6 Å². The lowest BCUT2D eigenvalue weighted by Gasteiger charge is -2.08. The molecule has 2 aromatic carbocycles. The second-order valence-electron chi connectivity index (χ2n) is 8.53. The molecule has 0 unspecified atom stereocenters. The first kappa shape index (κ1) is 22.6. The summed E-state index contributed by atoms with van der Waals surface area (Å²) in [6, 6.07) is 22.5. The third-order valence-corrected chi connectivity index (χ3v) is 5.96. The molecule has 0 saturated heterocycles. The van der Waals surface area contributed by atoms with Crippen molar-refractivity contribution >= 4 is 0 Å². The zero-order valence-corrected chi connectivity index (χ0v) is 19.8. The fraction of sp³-hybridized carbons (Fsp3) is 0.259. The van der Waals surface area contributed by atoms with Crippen LogP contribution in [0.15, 0.2) is 72.9 Å². The van der Waals surface area contributed by atoms with E-state index in [1.165, 1.54) is 18.4 Å². The molecule has 0 aliphatic heterocycles. The lowest BCUT2D eigenvalue weighted by atomic mass is 10.0. The van der Waals surface area contributed by atoms with Crippen LogP contribution >= 0.6 is 0 Å². The first-order valence-electron chi connectivity index (χ1n) is 12.0. The van der Waals surface area contributed by atoms with Crippen LogP contribution in [0.25, 0.3) is 22.5 Å². The number of benzene rings is 2. The number of pyridine rings is 1. The molecule has 176 valence electrons. The first-order chi connectivity index (χ1) is 17.3. The van der Waals surface area contributed by atoms with E-state index in [0.717, 1.165) is 53.4 Å². The SMILES string of the molecule is CCCCCn1nc(Cc2ccccc2)nc1Cc1ccc(-c2ccccc2-c2nn[nH]n2)cn1. The van der Waals surface area contributed by atoms with Crippen LogP contribution in [0.5, 0.6) is 0 Å². The van der Waals surface area contributed by atoms with Gasteiger partial charge in [-0.1, -0.05) is 80.4 Å². The van der Waals surface area contributed by atoms with Gasteiger partial charge < -0.3 is 0 Å². The predicted octanol–water partition coefficient (Wildman–Crippen LogP) is 4.89. The maximum absolute atomic E-state index is 4.89. The Balaban J connectivity index is 1.37. The summed E-state index contributed by atoms with van der Waals surface area (Å²) in [5.41, 5.74) is 5.11. The maximum atomic E-state index is 4.89. The number of aromatic amines is 1. The van der Waals surface area contributed by atoms with Gasteiger partial charge in [-0.25, -0.2) is 9.67 Å². The second kappa shape index (κ2) is 10.8. The number of aromatic nitrogens is 8. The average molecular weight is 465 g/mol. The quantitative estimate of drug-likeness (QED) is 0.296. The van der Waals surface area contributed by atoms with E-state index in [0.29, 0.717) is 12.2 Å². The summed E-state index contributed by atoms with van der Waals surface area (Å²) >= 11 is 0. The van der Waals surface area contributed by atoms with Crippen molar-refractivity contribution in [2.24, 2.45) is 0 Å². The number of unbranched alkanes of at least 4 members (excludes halogenated alkanes) is 2. The second-order valence-corrected chi connectivity index (χ2v) is 8.53. The van der Waals surface area contributed by atoms with Crippen molar-refractivity contribution in [3.63, 3.8) is 0 Å². The first-order valence-corrected chi connectivity index (χ1v) is 12.0. The summed E-state index contributed by atoms with van der Waals surface area (Å²) in [5, 5.41) is 19.3. The highest BCUT2D eigenvalue weighted by Crippen LogP contribution is 2.29. The minimum Gasteiger partial charge on any atom is -0.260 e. The Morgan fingerprint density at radius 2 is 1.69 bits per heavy atom. The zero-order chi connectivity index (χ0) is 23.9. The topological polar surface area (TPSA) is 98.1 Å². The van der Waals surface area contributed by atoms with Crippen LogP contribution < -0.4 is 0 Å². The van der Waals surface area contributed by atoms with E-state index in [9.17, 15) is 0 Å². The van der Waals surface area contributed by atoms with E-state index in [1.807, 2.05) is 36.5 Å². The molecule has 0 fully saturated rings. The van der Waals surface area contributed by atoms with Gasteiger partial charge in [0.15, 0.2) is 5.82 Å². The molecule has 8 heteroatoms. The molecule has 5 rings (SSSR count). The molecule has 0 amide bonds. The molecule has 35 heavy (non-hydrogen) atoms. The number of nitrogens with one attached hydrogen (secondary N) is 1. The summed E-state index contributed by atoms with van der Waals surface area (Å²) in [5.74, 6) is 2.38. The van der Waals surface area contributed by atoms with Gasteiger partial charge in [0, 0.05) is 42.4 Å². The molecule has 0 atom stereocenters. The number of hydrogen-bond acceptors (Lipinski definition) is 6. The van der Waals surface area contributed by atoms with Gasteiger partial charge in [0.05, 0.1) is 0 Å². The number of nitrogens with zero attached hydrogens (tertiary/aromatic N) is 7. The van der Waals surface area contributed by atoms with Gasteiger partial charge in [-0.15, -0.1) is 10.2 Å². The monoisotopic (exact) mass is 464 g/mol. The Kier molecular flexibility index (Phi) is 6.98. The number of tetrazole rings is 1. The Labute approximate surface area is 204 Å². The van der Waals surface area contributed by atoms with Crippen LogP contribution in [0, 0.1) is 0 Å². The van der Waals surface area contributed by atoms with Crippen LogP contribution in [-0.2, 0) is 19.4 Å². The van der Waals surface area contributed by atoms with Crippen LogP contribution in [0.4, 0.5) is 0 Å². The lowest BCUT2D eigenvalue weighted by Crippen LogP contribution is -2.07. The van der Waals surface area contributed by atoms with Gasteiger partial charge >= 0.3 is 0 Å². The van der Waals surface area contributed by atoms with Crippen molar-refractivity contribution in [2.75, 3.05) is 0 Å². The van der Waals surface area contributed by atoms with Crippen LogP contribution in [0.3, 0.4) is 0 Å². The number of rotatable bonds is 10. The summed E-state index contributed by atoms with van der Waals surface area (Å²) in [7, 11) is 0. The lowest BCUT2D eigenvalue weighted by molar-refractivity contribution is 0.531. The molecule has 1 N–H and O–H groups in total. The predicted molar refractivity (Wildman–Crippen MR) is 134 cm³/mol. The highest BCUT2D eigenvalue weighted by atomic mass is 15.5. The van der Waals surface area contributed by atoms with Gasteiger partial charge in [0.1, 0.15) is 5.82 Å². The number of H-pyrrole nitrogens is 1. The van der Waals surface area contributed by atoms with Crippen LogP contribution in [-0.4, -0.2) is 40.4 Å². The Morgan fingerprint density at radius 1 is 0.857 bits per heavy atom. The van der Waals surface area contributed by atoms with E-state index in [4.69, 9.17) is 15.1 Å². The molecule has 8 nitrogen and oxygen atoms in total. The standard InChI is InChI=1S/C27H28N8/c1-2-3-9-16-35-26(29-25(32-35)17-20-10-5-4-6-11-20)18-22-15-14-21(19-28-22)23-12-7-8-13-24(23)27-30-33-34-31-27/h4-8,10-15,19H,2-3,9,16-18H2,1H3,(H,30,31,33,34). The van der Waals surface area contributed by atoms with E-state index < -0.39 is 0 Å². The van der Waals surface area contributed by atoms with E-state index in [1.54, 1.807) is 0 Å². The van der Waals surface area contributed by atoms with Crippen molar-refractivity contribution in [2.45, 2.75) is 45.6 Å². The summed E-state index contributed by atoms with van der Waals surface area (Å²) in [4.78, 5) is 9.65. The van der Waals surface area contributed by atoms with Crippen LogP contribution in [0.2, 0.25) is 0 Å². The third kappa shape index (κ3) is 5.48. The molecule has 0 bridgehead atoms. The Morgan fingerprint density at radius 3 is 2.43 bits per heavy atom. The van der Waals surface area contributed by atoms with Gasteiger partial charge in [-0.3, -0.25) is 4.98 Å². The molecule has 0 spiro atoms. The smallest absolute Gasteiger partial charge is 0.205 e.